The van der Waals surface area contributed by atoms with E-state index in [2.05, 4.69) is 10.1 Å². The molecule has 0 aliphatic heterocycles. The van der Waals surface area contributed by atoms with Gasteiger partial charge in [-0.05, 0) is 24.6 Å². The summed E-state index contributed by atoms with van der Waals surface area (Å²) in [6.07, 6.45) is 0. The molecule has 0 bridgehead atoms. The Morgan fingerprint density at radius 1 is 1.04 bits per heavy atom. The lowest BCUT2D eigenvalue weighted by molar-refractivity contribution is 0.0584. The quantitative estimate of drug-likeness (QED) is 0.525. The van der Waals surface area contributed by atoms with Crippen LogP contribution in [0.3, 0.4) is 0 Å². The van der Waals surface area contributed by atoms with Gasteiger partial charge >= 0.3 is 5.97 Å². The van der Waals surface area contributed by atoms with Crippen molar-refractivity contribution in [2.45, 2.75) is 6.92 Å². The van der Waals surface area contributed by atoms with Gasteiger partial charge in [-0.1, -0.05) is 42.5 Å². The first-order valence-electron chi connectivity index (χ1n) is 8.32. The van der Waals surface area contributed by atoms with Crippen LogP contribution in [0.4, 0.5) is 0 Å². The number of ether oxygens (including phenoxy) is 1. The van der Waals surface area contributed by atoms with Crippen LogP contribution in [0.15, 0.2) is 65.5 Å². The van der Waals surface area contributed by atoms with E-state index in [4.69, 9.17) is 4.74 Å². The Hall–Kier alpha value is -3.74. The maximum Gasteiger partial charge on any atom is 0.376 e. The largest absolute Gasteiger partial charge is 0.463 e. The highest BCUT2D eigenvalue weighted by atomic mass is 16.5. The zero-order chi connectivity index (χ0) is 19.0. The van der Waals surface area contributed by atoms with Crippen LogP contribution >= 0.6 is 0 Å². The number of benzene rings is 2. The van der Waals surface area contributed by atoms with E-state index in [1.165, 1.54) is 22.3 Å². The molecule has 0 amide bonds. The third-order valence-electron chi connectivity index (χ3n) is 4.18. The zero-order valence-corrected chi connectivity index (χ0v) is 14.8. The van der Waals surface area contributed by atoms with E-state index in [0.717, 1.165) is 11.1 Å². The lowest BCUT2D eigenvalue weighted by Gasteiger charge is -2.05. The monoisotopic (exact) mass is 360 g/mol. The predicted molar refractivity (Wildman–Crippen MR) is 100 cm³/mol. The summed E-state index contributed by atoms with van der Waals surface area (Å²) in [5, 5.41) is 4.31. The lowest BCUT2D eigenvalue weighted by atomic mass is 10.1. The number of hydrogen-bond donors (Lipinski definition) is 0. The van der Waals surface area contributed by atoms with E-state index in [1.807, 2.05) is 61.5 Å². The van der Waals surface area contributed by atoms with Crippen LogP contribution in [0.1, 0.15) is 16.2 Å². The van der Waals surface area contributed by atoms with Crippen molar-refractivity contribution < 1.29 is 9.53 Å². The standard InChI is InChI=1S/C20H16N4O3/c1-13-7-6-10-15(11-13)24-20-21-16(14-8-4-3-5-9-14)12-17(25)23(20)18(22-24)19(26)27-2/h3-12H,1-2H3. The number of carbonyl (C=O) groups is 1. The van der Waals surface area contributed by atoms with Gasteiger partial charge in [-0.3, -0.25) is 4.79 Å². The number of fused-ring (bicyclic) bond motifs is 1. The molecule has 2 heterocycles. The van der Waals surface area contributed by atoms with Gasteiger partial charge in [-0.25, -0.2) is 14.2 Å². The topological polar surface area (TPSA) is 78.5 Å². The number of methoxy groups -OCH3 is 1. The van der Waals surface area contributed by atoms with Crippen LogP contribution in [-0.4, -0.2) is 32.2 Å². The van der Waals surface area contributed by atoms with Crippen LogP contribution in [0.25, 0.3) is 22.7 Å². The SMILES string of the molecule is COC(=O)c1nn(-c2cccc(C)c2)c2nc(-c3ccccc3)cc(=O)n12. The van der Waals surface area contributed by atoms with Crippen molar-refractivity contribution >= 4 is 11.7 Å². The van der Waals surface area contributed by atoms with Crippen LogP contribution in [0.5, 0.6) is 0 Å². The first-order chi connectivity index (χ1) is 13.1. The molecule has 0 atom stereocenters. The molecule has 4 aromatic rings. The summed E-state index contributed by atoms with van der Waals surface area (Å²) >= 11 is 0. The molecule has 0 saturated heterocycles. The summed E-state index contributed by atoms with van der Waals surface area (Å²) in [5.41, 5.74) is 2.61. The third-order valence-corrected chi connectivity index (χ3v) is 4.18. The Labute approximate surface area is 154 Å². The van der Waals surface area contributed by atoms with Crippen LogP contribution in [0, 0.1) is 6.92 Å². The van der Waals surface area contributed by atoms with Crippen molar-refractivity contribution in [3.8, 4) is 16.9 Å². The minimum Gasteiger partial charge on any atom is -0.463 e. The van der Waals surface area contributed by atoms with Crippen molar-refractivity contribution in [2.24, 2.45) is 0 Å². The molecule has 7 heteroatoms. The molecule has 0 aliphatic carbocycles. The van der Waals surface area contributed by atoms with Gasteiger partial charge in [0.15, 0.2) is 0 Å². The fourth-order valence-corrected chi connectivity index (χ4v) is 2.91. The fraction of sp³-hybridized carbons (Fsp3) is 0.100. The first kappa shape index (κ1) is 16.7. The average Bonchev–Trinajstić information content (AvgIpc) is 3.08. The lowest BCUT2D eigenvalue weighted by Crippen LogP contribution is -2.19. The molecule has 0 aliphatic rings. The first-order valence-corrected chi connectivity index (χ1v) is 8.32. The second-order valence-electron chi connectivity index (χ2n) is 6.05. The van der Waals surface area contributed by atoms with E-state index in [1.54, 1.807) is 0 Å². The maximum absolute atomic E-state index is 12.8. The molecule has 7 nitrogen and oxygen atoms in total. The smallest absolute Gasteiger partial charge is 0.376 e. The Morgan fingerprint density at radius 3 is 2.52 bits per heavy atom. The van der Waals surface area contributed by atoms with Crippen molar-refractivity contribution in [3.63, 3.8) is 0 Å². The second-order valence-corrected chi connectivity index (χ2v) is 6.05. The van der Waals surface area contributed by atoms with Gasteiger partial charge < -0.3 is 4.74 Å². The summed E-state index contributed by atoms with van der Waals surface area (Å²) in [6, 6.07) is 18.3. The van der Waals surface area contributed by atoms with Crippen LogP contribution < -0.4 is 5.56 Å². The molecule has 0 saturated carbocycles. The minimum atomic E-state index is -0.706. The normalized spacial score (nSPS) is 10.9. The van der Waals surface area contributed by atoms with Gasteiger partial charge in [0.1, 0.15) is 0 Å². The van der Waals surface area contributed by atoms with Gasteiger partial charge in [0.05, 0.1) is 18.5 Å². The van der Waals surface area contributed by atoms with Crippen LogP contribution in [-0.2, 0) is 4.74 Å². The Morgan fingerprint density at radius 2 is 1.81 bits per heavy atom. The molecular formula is C20H16N4O3. The molecule has 0 radical (unpaired) electrons. The number of aromatic nitrogens is 4. The molecule has 4 rings (SSSR count). The van der Waals surface area contributed by atoms with Gasteiger partial charge in [0, 0.05) is 11.6 Å². The molecule has 2 aromatic heterocycles. The molecule has 27 heavy (non-hydrogen) atoms. The van der Waals surface area contributed by atoms with Gasteiger partial charge in [0.25, 0.3) is 5.56 Å². The summed E-state index contributed by atoms with van der Waals surface area (Å²) in [5.74, 6) is -0.582. The number of aryl methyl sites for hydroxylation is 1. The molecule has 2 aromatic carbocycles. The number of carbonyl (C=O) groups excluding carboxylic acids is 1. The molecular weight excluding hydrogens is 344 g/mol. The van der Waals surface area contributed by atoms with Crippen molar-refractivity contribution in [2.75, 3.05) is 7.11 Å². The fourth-order valence-electron chi connectivity index (χ4n) is 2.91. The Kier molecular flexibility index (Phi) is 4.04. The summed E-state index contributed by atoms with van der Waals surface area (Å²) in [4.78, 5) is 29.6. The van der Waals surface area contributed by atoms with Gasteiger partial charge in [-0.2, -0.15) is 4.68 Å². The minimum absolute atomic E-state index is 0.119. The molecule has 0 fully saturated rings. The number of rotatable bonds is 3. The Balaban J connectivity index is 2.06. The highest BCUT2D eigenvalue weighted by Crippen LogP contribution is 2.19. The zero-order valence-electron chi connectivity index (χ0n) is 14.8. The third kappa shape index (κ3) is 2.89. The van der Waals surface area contributed by atoms with Gasteiger partial charge in [-0.15, -0.1) is 5.10 Å². The number of hydrogen-bond acceptors (Lipinski definition) is 5. The van der Waals surface area contributed by atoms with Crippen molar-refractivity contribution in [3.05, 3.63) is 82.4 Å². The molecule has 134 valence electrons. The van der Waals surface area contributed by atoms with Gasteiger partial charge in [0.2, 0.25) is 11.6 Å². The summed E-state index contributed by atoms with van der Waals surface area (Å²) < 4.78 is 7.43. The second kappa shape index (κ2) is 6.53. The Bertz CT molecular complexity index is 1210. The van der Waals surface area contributed by atoms with E-state index >= 15 is 0 Å². The van der Waals surface area contributed by atoms with E-state index in [9.17, 15) is 9.59 Å². The highest BCUT2D eigenvalue weighted by Gasteiger charge is 2.22. The summed E-state index contributed by atoms with van der Waals surface area (Å²) in [7, 11) is 1.25. The molecule has 0 N–H and O–H groups in total. The maximum atomic E-state index is 12.8. The van der Waals surface area contributed by atoms with Crippen LogP contribution in [0.2, 0.25) is 0 Å². The average molecular weight is 360 g/mol. The van der Waals surface area contributed by atoms with E-state index in [0.29, 0.717) is 11.4 Å². The van der Waals surface area contributed by atoms with Crippen molar-refractivity contribution in [1.82, 2.24) is 19.2 Å². The highest BCUT2D eigenvalue weighted by molar-refractivity contribution is 5.86. The van der Waals surface area contributed by atoms with E-state index in [-0.39, 0.29) is 11.6 Å². The molecule has 0 unspecified atom stereocenters. The summed E-state index contributed by atoms with van der Waals surface area (Å²) in [6.45, 7) is 1.95. The molecule has 0 spiro atoms. The number of nitrogens with zero attached hydrogens (tertiary/aromatic N) is 4. The predicted octanol–water partition coefficient (Wildman–Crippen LogP) is 2.64. The number of esters is 1. The van der Waals surface area contributed by atoms with E-state index < -0.39 is 11.5 Å². The van der Waals surface area contributed by atoms with Crippen molar-refractivity contribution in [1.29, 1.82) is 0 Å².